The number of urea groups is 1. The quantitative estimate of drug-likeness (QED) is 0.430. The van der Waals surface area contributed by atoms with E-state index in [1.54, 1.807) is 0 Å². The highest BCUT2D eigenvalue weighted by atomic mass is 32.2. The summed E-state index contributed by atoms with van der Waals surface area (Å²) in [5.41, 5.74) is -6.55. The highest BCUT2D eigenvalue weighted by Crippen LogP contribution is 2.36. The highest BCUT2D eigenvalue weighted by molar-refractivity contribution is 7.92. The maximum atomic E-state index is 12.9. The Morgan fingerprint density at radius 2 is 1.54 bits per heavy atom. The van der Waals surface area contributed by atoms with Crippen LogP contribution in [0.25, 0.3) is 0 Å². The van der Waals surface area contributed by atoms with Crippen LogP contribution in [0.3, 0.4) is 0 Å². The van der Waals surface area contributed by atoms with Gasteiger partial charge in [-0.1, -0.05) is 0 Å². The fraction of sp³-hybridized carbons (Fsp3) is 0.300. The van der Waals surface area contributed by atoms with Crippen molar-refractivity contribution in [1.82, 2.24) is 9.88 Å². The molecule has 10 nitrogen and oxygen atoms in total. The number of nitrogens with zero attached hydrogens (tertiary/aromatic N) is 3. The van der Waals surface area contributed by atoms with Crippen LogP contribution in [0.15, 0.2) is 47.6 Å². The summed E-state index contributed by atoms with van der Waals surface area (Å²) >= 11 is 0. The molecule has 1 fully saturated rings. The molecule has 0 atom stereocenters. The van der Waals surface area contributed by atoms with Gasteiger partial charge in [0.05, 0.1) is 23.3 Å². The van der Waals surface area contributed by atoms with Crippen LogP contribution < -0.4 is 4.90 Å². The van der Waals surface area contributed by atoms with E-state index in [-0.39, 0.29) is 18.0 Å². The predicted octanol–water partition coefficient (Wildman–Crippen LogP) is 3.46. The van der Waals surface area contributed by atoms with Crippen molar-refractivity contribution in [2.24, 2.45) is 0 Å². The number of anilines is 1. The number of carbonyl (C=O) groups is 3. The third-order valence-corrected chi connectivity index (χ3v) is 6.49. The first-order chi connectivity index (χ1) is 16.7. The number of benzene rings is 1. The number of sulfone groups is 1. The van der Waals surface area contributed by atoms with Crippen molar-refractivity contribution in [3.8, 4) is 5.75 Å². The number of halogens is 6. The van der Waals surface area contributed by atoms with Gasteiger partial charge in [0, 0.05) is 11.8 Å². The van der Waals surface area contributed by atoms with E-state index < -0.39 is 49.9 Å². The number of amides is 3. The van der Waals surface area contributed by atoms with Gasteiger partial charge in [-0.3, -0.25) is 9.78 Å². The fourth-order valence-electron chi connectivity index (χ4n) is 2.96. The zero-order valence-corrected chi connectivity index (χ0v) is 19.5. The maximum Gasteiger partial charge on any atom is 0.501 e. The fourth-order valence-corrected chi connectivity index (χ4v) is 3.72. The summed E-state index contributed by atoms with van der Waals surface area (Å²) < 4.78 is 92.8. The van der Waals surface area contributed by atoms with E-state index in [0.29, 0.717) is 17.7 Å². The van der Waals surface area contributed by atoms with Gasteiger partial charge in [-0.05, 0) is 44.2 Å². The lowest BCUT2D eigenvalue weighted by Gasteiger charge is -2.27. The zero-order valence-electron chi connectivity index (χ0n) is 18.7. The van der Waals surface area contributed by atoms with Gasteiger partial charge in [-0.15, -0.1) is 0 Å². The summed E-state index contributed by atoms with van der Waals surface area (Å²) in [5.74, 6) is -3.59. The molecule has 202 valence electrons. The van der Waals surface area contributed by atoms with Crippen LogP contribution in [0.4, 0.5) is 36.8 Å². The van der Waals surface area contributed by atoms with Crippen LogP contribution in [-0.4, -0.2) is 63.6 Å². The molecule has 17 heteroatoms. The van der Waals surface area contributed by atoms with Crippen LogP contribution in [0, 0.1) is 0 Å². The van der Waals surface area contributed by atoms with E-state index in [2.05, 4.69) is 4.98 Å². The molecule has 2 heterocycles. The number of hydrogen-bond donors (Lipinski definition) is 2. The van der Waals surface area contributed by atoms with E-state index in [1.807, 2.05) is 0 Å². The number of carboxylic acids is 1. The largest absolute Gasteiger partial charge is 0.506 e. The molecular weight excluding hydrogens is 540 g/mol. The number of pyridine rings is 1. The van der Waals surface area contributed by atoms with Crippen molar-refractivity contribution in [2.45, 2.75) is 42.5 Å². The second-order valence-electron chi connectivity index (χ2n) is 7.82. The number of alkyl halides is 6. The highest BCUT2D eigenvalue weighted by Gasteiger charge is 2.52. The maximum absolute atomic E-state index is 12.9. The molecule has 0 unspecified atom stereocenters. The first kappa shape index (κ1) is 29.3. The molecule has 1 aromatic heterocycles. The number of aliphatic carboxylic acids is 1. The number of imide groups is 1. The third kappa shape index (κ3) is 5.92. The Morgan fingerprint density at radius 1 is 1.03 bits per heavy atom. The molecule has 37 heavy (non-hydrogen) atoms. The second-order valence-corrected chi connectivity index (χ2v) is 9.76. The molecule has 1 saturated heterocycles. The third-order valence-electron chi connectivity index (χ3n) is 4.99. The first-order valence-corrected chi connectivity index (χ1v) is 11.2. The molecule has 1 aromatic carbocycles. The van der Waals surface area contributed by atoms with Crippen LogP contribution in [0.2, 0.25) is 0 Å². The minimum absolute atomic E-state index is 0.0827. The number of carbonyl (C=O) groups excluding carboxylic acids is 2. The number of aromatic nitrogens is 1. The Bertz CT molecular complexity index is 1310. The molecule has 3 amide bonds. The van der Waals surface area contributed by atoms with E-state index >= 15 is 0 Å². The number of carboxylic acid groups (broad SMARTS) is 1. The molecule has 0 radical (unpaired) electrons. The Hall–Kier alpha value is -3.89. The summed E-state index contributed by atoms with van der Waals surface area (Å²) in [6.45, 7) is 2.84. The normalized spacial score (nSPS) is 15.9. The SMILES string of the molecule is CC1(C)C(=O)N(c2ccc(S(=O)(=O)C(F)(F)F)cc2)C(=O)N1Cc1ccncc1O.O=C(O)C(F)(F)F. The molecule has 0 aliphatic carbocycles. The lowest BCUT2D eigenvalue weighted by atomic mass is 10.0. The zero-order chi connectivity index (χ0) is 28.6. The van der Waals surface area contributed by atoms with Gasteiger partial charge in [-0.2, -0.15) is 26.3 Å². The molecule has 1 aliphatic heterocycles. The van der Waals surface area contributed by atoms with Gasteiger partial charge >= 0.3 is 23.7 Å². The predicted molar refractivity (Wildman–Crippen MR) is 112 cm³/mol. The average Bonchev–Trinajstić information content (AvgIpc) is 2.93. The lowest BCUT2D eigenvalue weighted by Crippen LogP contribution is -2.43. The van der Waals surface area contributed by atoms with Gasteiger partial charge in [0.25, 0.3) is 15.7 Å². The summed E-state index contributed by atoms with van der Waals surface area (Å²) in [6.07, 6.45) is -2.50. The molecule has 1 aliphatic rings. The van der Waals surface area contributed by atoms with Gasteiger partial charge < -0.3 is 15.1 Å². The number of hydrogen-bond acceptors (Lipinski definition) is 7. The second kappa shape index (κ2) is 9.87. The van der Waals surface area contributed by atoms with Crippen molar-refractivity contribution in [2.75, 3.05) is 4.90 Å². The van der Waals surface area contributed by atoms with Crippen LogP contribution in [0.5, 0.6) is 5.75 Å². The summed E-state index contributed by atoms with van der Waals surface area (Å²) in [4.78, 5) is 39.3. The van der Waals surface area contributed by atoms with Crippen molar-refractivity contribution in [1.29, 1.82) is 0 Å². The smallest absolute Gasteiger partial charge is 0.501 e. The standard InChI is InChI=1S/C18H16F3N3O5S.C2HF3O2/c1-17(2)15(26)24(16(27)23(17)10-11-7-8-22-9-14(11)25)12-3-5-13(6-4-12)30(28,29)18(19,20)21;3-2(4,5)1(6)7/h3-9,25H,10H2,1-2H3;(H,6,7). The van der Waals surface area contributed by atoms with E-state index in [0.717, 1.165) is 17.0 Å². The van der Waals surface area contributed by atoms with Gasteiger partial charge in [0.1, 0.15) is 11.3 Å². The molecule has 3 rings (SSSR count). The van der Waals surface area contributed by atoms with Gasteiger partial charge in [0.2, 0.25) is 0 Å². The van der Waals surface area contributed by atoms with E-state index in [1.165, 1.54) is 37.2 Å². The van der Waals surface area contributed by atoms with Crippen molar-refractivity contribution < 1.29 is 59.4 Å². The molecule has 2 N–H and O–H groups in total. The summed E-state index contributed by atoms with van der Waals surface area (Å²) in [7, 11) is -5.56. The molecule has 0 spiro atoms. The Kier molecular flexibility index (Phi) is 7.83. The monoisotopic (exact) mass is 557 g/mol. The molecule has 0 bridgehead atoms. The Balaban J connectivity index is 0.000000604. The van der Waals surface area contributed by atoms with E-state index in [4.69, 9.17) is 9.90 Å². The Labute approximate surface area is 204 Å². The molecular formula is C20H17F6N3O7S. The van der Waals surface area contributed by atoms with Crippen LogP contribution in [-0.2, 0) is 26.0 Å². The number of rotatable bonds is 4. The average molecular weight is 557 g/mol. The van der Waals surface area contributed by atoms with Crippen molar-refractivity contribution in [3.63, 3.8) is 0 Å². The van der Waals surface area contributed by atoms with Crippen LogP contribution >= 0.6 is 0 Å². The summed E-state index contributed by atoms with van der Waals surface area (Å²) in [5, 5.41) is 17.0. The van der Waals surface area contributed by atoms with Gasteiger partial charge in [0.15, 0.2) is 0 Å². The van der Waals surface area contributed by atoms with Gasteiger partial charge in [-0.25, -0.2) is 22.9 Å². The number of aromatic hydroxyl groups is 1. The van der Waals surface area contributed by atoms with Crippen molar-refractivity contribution >= 4 is 33.4 Å². The Morgan fingerprint density at radius 3 is 1.97 bits per heavy atom. The molecule has 0 saturated carbocycles. The van der Waals surface area contributed by atoms with Crippen LogP contribution in [0.1, 0.15) is 19.4 Å². The first-order valence-electron chi connectivity index (χ1n) is 9.72. The lowest BCUT2D eigenvalue weighted by molar-refractivity contribution is -0.192. The molecule has 2 aromatic rings. The topological polar surface area (TPSA) is 145 Å². The van der Waals surface area contributed by atoms with Crippen molar-refractivity contribution in [3.05, 3.63) is 48.3 Å². The summed E-state index contributed by atoms with van der Waals surface area (Å²) in [6, 6.07) is 3.98. The minimum Gasteiger partial charge on any atom is -0.506 e. The van der Waals surface area contributed by atoms with E-state index in [9.17, 15) is 49.5 Å². The minimum atomic E-state index is -5.56.